The second-order valence-electron chi connectivity index (χ2n) is 8.97. The zero-order valence-corrected chi connectivity index (χ0v) is 20.0. The number of rotatable bonds is 2. The van der Waals surface area contributed by atoms with Crippen molar-refractivity contribution in [1.82, 2.24) is 14.3 Å². The Balaban J connectivity index is 1.88. The highest BCUT2D eigenvalue weighted by Gasteiger charge is 2.30. The van der Waals surface area contributed by atoms with Crippen LogP contribution < -0.4 is 0 Å². The highest BCUT2D eigenvalue weighted by molar-refractivity contribution is 7.93. The van der Waals surface area contributed by atoms with Gasteiger partial charge in [0.2, 0.25) is 0 Å². The van der Waals surface area contributed by atoms with E-state index in [0.29, 0.717) is 32.5 Å². The molecule has 0 aliphatic heterocycles. The molecule has 1 atom stereocenters. The molecule has 1 unspecified atom stereocenters. The number of fused-ring (bicyclic) bond motifs is 3. The summed E-state index contributed by atoms with van der Waals surface area (Å²) < 4.78 is 64.6. The number of halogens is 3. The molecule has 0 aliphatic carbocycles. The van der Waals surface area contributed by atoms with E-state index in [9.17, 15) is 22.2 Å². The number of nitrogens with zero attached hydrogens (tertiary/aromatic N) is 4. The highest BCUT2D eigenvalue weighted by Crippen LogP contribution is 2.35. The van der Waals surface area contributed by atoms with E-state index in [1.54, 1.807) is 61.5 Å². The van der Waals surface area contributed by atoms with Gasteiger partial charge in [0, 0.05) is 35.5 Å². The van der Waals surface area contributed by atoms with Gasteiger partial charge in [0.1, 0.15) is 11.1 Å². The molecule has 0 N–H and O–H groups in total. The first-order valence-corrected chi connectivity index (χ1v) is 12.2. The number of aromatic nitrogens is 3. The molecule has 11 heteroatoms. The SMILES string of the molecule is Cn1cc2c(n1)c1cc(S(C)(=O)=NC(=O)OC(C)(C)C)ccc1n2-c1ccc(C(F)(F)F)cc1. The van der Waals surface area contributed by atoms with Crippen LogP contribution in [0.2, 0.25) is 0 Å². The maximum absolute atomic E-state index is 13.3. The molecular formula is C23H23F3N4O3S. The third kappa shape index (κ3) is 4.52. The van der Waals surface area contributed by atoms with Crippen LogP contribution in [0.5, 0.6) is 0 Å². The van der Waals surface area contributed by atoms with Crippen LogP contribution in [-0.2, 0) is 27.7 Å². The van der Waals surface area contributed by atoms with Crippen molar-refractivity contribution in [1.29, 1.82) is 0 Å². The van der Waals surface area contributed by atoms with Gasteiger partial charge in [-0.1, -0.05) is 0 Å². The molecule has 0 aliphatic rings. The fourth-order valence-corrected chi connectivity index (χ4v) is 4.73. The van der Waals surface area contributed by atoms with Crippen LogP contribution in [0.1, 0.15) is 26.3 Å². The molecule has 2 heterocycles. The zero-order chi connectivity index (χ0) is 25.1. The summed E-state index contributed by atoms with van der Waals surface area (Å²) in [6.07, 6.45) is -2.26. The van der Waals surface area contributed by atoms with Crippen LogP contribution in [0.25, 0.3) is 27.6 Å². The number of hydrogen-bond acceptors (Lipinski definition) is 4. The van der Waals surface area contributed by atoms with E-state index in [-0.39, 0.29) is 0 Å². The quantitative estimate of drug-likeness (QED) is 0.348. The monoisotopic (exact) mass is 492 g/mol. The third-order valence-corrected chi connectivity index (χ3v) is 6.67. The molecule has 0 fully saturated rings. The van der Waals surface area contributed by atoms with Crippen molar-refractivity contribution in [2.24, 2.45) is 11.4 Å². The van der Waals surface area contributed by atoms with E-state index < -0.39 is 33.2 Å². The third-order valence-electron chi connectivity index (χ3n) is 5.05. The number of carbonyl (C=O) groups is 1. The van der Waals surface area contributed by atoms with Crippen molar-refractivity contribution in [3.63, 3.8) is 0 Å². The molecule has 2 aromatic carbocycles. The second kappa shape index (κ2) is 7.86. The van der Waals surface area contributed by atoms with E-state index in [1.807, 2.05) is 0 Å². The summed E-state index contributed by atoms with van der Waals surface area (Å²) >= 11 is 0. The van der Waals surface area contributed by atoms with Crippen molar-refractivity contribution in [2.75, 3.05) is 6.26 Å². The predicted octanol–water partition coefficient (Wildman–Crippen LogP) is 5.93. The minimum absolute atomic E-state index is 0.308. The van der Waals surface area contributed by atoms with E-state index in [2.05, 4.69) is 9.46 Å². The number of benzene rings is 2. The van der Waals surface area contributed by atoms with Gasteiger partial charge < -0.3 is 9.30 Å². The van der Waals surface area contributed by atoms with Gasteiger partial charge in [-0.25, -0.2) is 9.00 Å². The van der Waals surface area contributed by atoms with Gasteiger partial charge in [-0.15, -0.1) is 4.36 Å². The van der Waals surface area contributed by atoms with Crippen molar-refractivity contribution in [3.8, 4) is 5.69 Å². The molecule has 180 valence electrons. The van der Waals surface area contributed by atoms with E-state index in [4.69, 9.17) is 4.74 Å². The first kappa shape index (κ1) is 23.8. The largest absolute Gasteiger partial charge is 0.442 e. The van der Waals surface area contributed by atoms with Crippen molar-refractivity contribution < 1.29 is 26.9 Å². The lowest BCUT2D eigenvalue weighted by Crippen LogP contribution is -2.22. The Bertz CT molecular complexity index is 1530. The van der Waals surface area contributed by atoms with E-state index >= 15 is 0 Å². The Labute approximate surface area is 194 Å². The first-order chi connectivity index (χ1) is 15.7. The van der Waals surface area contributed by atoms with Gasteiger partial charge >= 0.3 is 12.3 Å². The molecule has 34 heavy (non-hydrogen) atoms. The average Bonchev–Trinajstić information content (AvgIpc) is 3.19. The lowest BCUT2D eigenvalue weighted by Gasteiger charge is -2.17. The molecule has 0 spiro atoms. The molecule has 0 radical (unpaired) electrons. The van der Waals surface area contributed by atoms with Gasteiger partial charge in [0.05, 0.1) is 26.3 Å². The summed E-state index contributed by atoms with van der Waals surface area (Å²) in [6.45, 7) is 5.06. The van der Waals surface area contributed by atoms with Crippen molar-refractivity contribution >= 4 is 37.8 Å². The summed E-state index contributed by atoms with van der Waals surface area (Å²) in [5.74, 6) is 0. The lowest BCUT2D eigenvalue weighted by molar-refractivity contribution is -0.137. The molecule has 1 amide bonds. The Morgan fingerprint density at radius 1 is 1.06 bits per heavy atom. The molecule has 4 aromatic rings. The number of alkyl halides is 3. The molecule has 0 saturated carbocycles. The van der Waals surface area contributed by atoms with Crippen LogP contribution in [0.3, 0.4) is 0 Å². The van der Waals surface area contributed by atoms with Gasteiger partial charge in [-0.3, -0.25) is 4.68 Å². The summed E-state index contributed by atoms with van der Waals surface area (Å²) in [5.41, 5.74) is 0.900. The standard InChI is InChI=1S/C23H23F3N4O3S/c1-22(2,3)33-21(31)28-34(5,32)16-10-11-18-17(12-16)20-19(13-29(4)27-20)30(18)15-8-6-14(7-9-15)23(24,25)26/h6-13H,1-5H3. The lowest BCUT2D eigenvalue weighted by atomic mass is 10.2. The van der Waals surface area contributed by atoms with Crippen LogP contribution in [0.4, 0.5) is 18.0 Å². The van der Waals surface area contributed by atoms with Gasteiger partial charge in [0.15, 0.2) is 0 Å². The number of aryl methyl sites for hydroxylation is 1. The summed E-state index contributed by atoms with van der Waals surface area (Å²) in [7, 11) is -1.40. The normalized spacial score (nSPS) is 14.4. The van der Waals surface area contributed by atoms with E-state index in [1.165, 1.54) is 18.4 Å². The maximum atomic E-state index is 13.3. The zero-order valence-electron chi connectivity index (χ0n) is 19.2. The molecule has 0 saturated heterocycles. The minimum Gasteiger partial charge on any atom is -0.442 e. The summed E-state index contributed by atoms with van der Waals surface area (Å²) in [5, 5.41) is 5.10. The molecule has 4 rings (SSSR count). The molecule has 0 bridgehead atoms. The summed E-state index contributed by atoms with van der Waals surface area (Å²) in [6, 6.07) is 9.75. The van der Waals surface area contributed by atoms with Crippen LogP contribution in [0.15, 0.2) is 57.9 Å². The van der Waals surface area contributed by atoms with Gasteiger partial charge in [-0.05, 0) is 63.2 Å². The Morgan fingerprint density at radius 2 is 1.71 bits per heavy atom. The summed E-state index contributed by atoms with van der Waals surface area (Å²) in [4.78, 5) is 12.5. The Kier molecular flexibility index (Phi) is 5.51. The number of hydrogen-bond donors (Lipinski definition) is 0. The van der Waals surface area contributed by atoms with Gasteiger partial charge in [0.25, 0.3) is 0 Å². The predicted molar refractivity (Wildman–Crippen MR) is 124 cm³/mol. The van der Waals surface area contributed by atoms with E-state index in [0.717, 1.165) is 12.1 Å². The van der Waals surface area contributed by atoms with Crippen LogP contribution >= 0.6 is 0 Å². The number of amides is 1. The highest BCUT2D eigenvalue weighted by atomic mass is 32.2. The fraction of sp³-hybridized carbons (Fsp3) is 0.304. The average molecular weight is 493 g/mol. The molecule has 2 aromatic heterocycles. The Hall–Kier alpha value is -3.34. The second-order valence-corrected chi connectivity index (χ2v) is 11.2. The number of ether oxygens (including phenoxy) is 1. The minimum atomic E-state index is -4.44. The van der Waals surface area contributed by atoms with Crippen molar-refractivity contribution in [3.05, 3.63) is 54.2 Å². The first-order valence-electron chi connectivity index (χ1n) is 10.3. The topological polar surface area (TPSA) is 78.5 Å². The molecule has 7 nitrogen and oxygen atoms in total. The maximum Gasteiger partial charge on any atom is 0.442 e. The van der Waals surface area contributed by atoms with Crippen LogP contribution in [0, 0.1) is 0 Å². The smallest absolute Gasteiger partial charge is 0.442 e. The molecular weight excluding hydrogens is 469 g/mol. The van der Waals surface area contributed by atoms with Crippen LogP contribution in [-0.4, -0.2) is 36.5 Å². The number of carbonyl (C=O) groups excluding carboxylic acids is 1. The fourth-order valence-electron chi connectivity index (χ4n) is 3.65. The van der Waals surface area contributed by atoms with Crippen molar-refractivity contribution in [2.45, 2.75) is 37.4 Å². The Morgan fingerprint density at radius 3 is 2.29 bits per heavy atom. The van der Waals surface area contributed by atoms with Gasteiger partial charge in [-0.2, -0.15) is 18.3 Å².